The quantitative estimate of drug-likeness (QED) is 0.742. The highest BCUT2D eigenvalue weighted by molar-refractivity contribution is 5.27. The summed E-state index contributed by atoms with van der Waals surface area (Å²) in [4.78, 5) is 4.03. The molecule has 1 N–H and O–H groups in total. The Hall–Kier alpha value is -1.15. The van der Waals surface area contributed by atoms with Crippen molar-refractivity contribution < 1.29 is 5.11 Å². The Kier molecular flexibility index (Phi) is 3.42. The van der Waals surface area contributed by atoms with Crippen molar-refractivity contribution in [2.75, 3.05) is 0 Å². The summed E-state index contributed by atoms with van der Waals surface area (Å²) in [6.45, 7) is 7.46. The number of hydrogen-bond acceptors (Lipinski definition) is 2. The fraction of sp³-hybridized carbons (Fsp3) is 0.417. The number of hydrogen-bond donors (Lipinski definition) is 1. The van der Waals surface area contributed by atoms with Gasteiger partial charge in [0.1, 0.15) is 0 Å². The van der Waals surface area contributed by atoms with Gasteiger partial charge in [-0.05, 0) is 38.3 Å². The Balaban J connectivity index is 2.91. The van der Waals surface area contributed by atoms with Gasteiger partial charge in [-0.25, -0.2) is 0 Å². The minimum atomic E-state index is -0.799. The van der Waals surface area contributed by atoms with Gasteiger partial charge in [0.05, 0.1) is 5.60 Å². The summed E-state index contributed by atoms with van der Waals surface area (Å²) >= 11 is 0. The maximum Gasteiger partial charge on any atom is 0.0888 e. The van der Waals surface area contributed by atoms with Crippen LogP contribution >= 0.6 is 0 Å². The van der Waals surface area contributed by atoms with E-state index in [0.29, 0.717) is 6.42 Å². The van der Waals surface area contributed by atoms with E-state index in [-0.39, 0.29) is 0 Å². The molecule has 14 heavy (non-hydrogen) atoms. The second kappa shape index (κ2) is 4.38. The van der Waals surface area contributed by atoms with Crippen LogP contribution in [0.25, 0.3) is 0 Å². The smallest absolute Gasteiger partial charge is 0.0888 e. The molecule has 0 saturated heterocycles. The summed E-state index contributed by atoms with van der Waals surface area (Å²) in [5, 5.41) is 10.2. The number of aliphatic hydroxyl groups is 1. The van der Waals surface area contributed by atoms with Gasteiger partial charge in [-0.2, -0.15) is 0 Å². The molecule has 0 radical (unpaired) electrons. The summed E-state index contributed by atoms with van der Waals surface area (Å²) in [6, 6.07) is 1.91. The predicted octanol–water partition coefficient (Wildman–Crippen LogP) is 2.56. The van der Waals surface area contributed by atoms with Crippen LogP contribution in [0.4, 0.5) is 0 Å². The van der Waals surface area contributed by atoms with Gasteiger partial charge >= 0.3 is 0 Å². The van der Waals surface area contributed by atoms with Crippen LogP contribution in [0, 0.1) is 6.92 Å². The van der Waals surface area contributed by atoms with Crippen molar-refractivity contribution >= 4 is 0 Å². The van der Waals surface area contributed by atoms with Crippen molar-refractivity contribution in [1.82, 2.24) is 4.98 Å². The third-order valence-corrected chi connectivity index (χ3v) is 2.45. The van der Waals surface area contributed by atoms with E-state index in [1.807, 2.05) is 26.0 Å². The molecule has 0 spiro atoms. The molecule has 1 heterocycles. The number of pyridine rings is 1. The van der Waals surface area contributed by atoms with Gasteiger partial charge in [0.15, 0.2) is 0 Å². The Labute approximate surface area is 85.3 Å². The molecule has 1 aromatic heterocycles. The van der Waals surface area contributed by atoms with Gasteiger partial charge in [0, 0.05) is 18.0 Å². The van der Waals surface area contributed by atoms with E-state index in [1.165, 1.54) is 0 Å². The van der Waals surface area contributed by atoms with Crippen molar-refractivity contribution in [3.8, 4) is 0 Å². The van der Waals surface area contributed by atoms with Crippen LogP contribution in [0.2, 0.25) is 0 Å². The lowest BCUT2D eigenvalue weighted by molar-refractivity contribution is 0.0478. The predicted molar refractivity (Wildman–Crippen MR) is 58.0 cm³/mol. The fourth-order valence-electron chi connectivity index (χ4n) is 1.55. The SMILES string of the molecule is C=CCCC(C)(O)c1cnccc1C. The molecule has 0 saturated carbocycles. The second-order valence-electron chi connectivity index (χ2n) is 3.79. The van der Waals surface area contributed by atoms with Crippen molar-refractivity contribution in [2.24, 2.45) is 0 Å². The maximum absolute atomic E-state index is 10.2. The average Bonchev–Trinajstić information content (AvgIpc) is 2.15. The zero-order valence-electron chi connectivity index (χ0n) is 8.83. The van der Waals surface area contributed by atoms with E-state index < -0.39 is 5.60 Å². The lowest BCUT2D eigenvalue weighted by Crippen LogP contribution is -2.22. The monoisotopic (exact) mass is 191 g/mol. The maximum atomic E-state index is 10.2. The number of aryl methyl sites for hydroxylation is 1. The van der Waals surface area contributed by atoms with Gasteiger partial charge in [-0.15, -0.1) is 6.58 Å². The molecule has 2 heteroatoms. The first kappa shape index (κ1) is 10.9. The van der Waals surface area contributed by atoms with E-state index in [4.69, 9.17) is 0 Å². The van der Waals surface area contributed by atoms with Crippen molar-refractivity contribution in [3.05, 3.63) is 42.2 Å². The van der Waals surface area contributed by atoms with Crippen LogP contribution in [0.3, 0.4) is 0 Å². The Morgan fingerprint density at radius 3 is 2.93 bits per heavy atom. The summed E-state index contributed by atoms with van der Waals surface area (Å²) in [5.41, 5.74) is 1.18. The summed E-state index contributed by atoms with van der Waals surface area (Å²) in [7, 11) is 0. The van der Waals surface area contributed by atoms with E-state index >= 15 is 0 Å². The average molecular weight is 191 g/mol. The molecule has 0 fully saturated rings. The third kappa shape index (κ3) is 2.42. The van der Waals surface area contributed by atoms with Crippen LogP contribution in [0.1, 0.15) is 30.9 Å². The molecule has 0 bridgehead atoms. The first-order valence-corrected chi connectivity index (χ1v) is 4.82. The van der Waals surface area contributed by atoms with Crippen LogP contribution in [0.15, 0.2) is 31.1 Å². The zero-order valence-corrected chi connectivity index (χ0v) is 8.83. The molecule has 1 atom stereocenters. The van der Waals surface area contributed by atoms with Gasteiger partial charge in [-0.3, -0.25) is 4.98 Å². The summed E-state index contributed by atoms with van der Waals surface area (Å²) < 4.78 is 0. The first-order chi connectivity index (χ1) is 6.58. The standard InChI is InChI=1S/C12H17NO/c1-4-5-7-12(3,14)11-9-13-8-6-10(11)2/h4,6,8-9,14H,1,5,7H2,2-3H3. The summed E-state index contributed by atoms with van der Waals surface area (Å²) in [5.74, 6) is 0. The lowest BCUT2D eigenvalue weighted by atomic mass is 9.89. The zero-order chi connectivity index (χ0) is 10.6. The molecule has 0 aromatic carbocycles. The van der Waals surface area contributed by atoms with Crippen LogP contribution < -0.4 is 0 Å². The van der Waals surface area contributed by atoms with Crippen LogP contribution in [-0.2, 0) is 5.60 Å². The third-order valence-electron chi connectivity index (χ3n) is 2.45. The molecule has 0 aliphatic rings. The Bertz CT molecular complexity index is 318. The van der Waals surface area contributed by atoms with Crippen molar-refractivity contribution in [1.29, 1.82) is 0 Å². The number of aromatic nitrogens is 1. The molecule has 0 amide bonds. The molecule has 0 aliphatic heterocycles. The Morgan fingerprint density at radius 2 is 2.36 bits per heavy atom. The van der Waals surface area contributed by atoms with Gasteiger partial charge in [0.2, 0.25) is 0 Å². The topological polar surface area (TPSA) is 33.1 Å². The molecule has 2 nitrogen and oxygen atoms in total. The molecule has 1 unspecified atom stereocenters. The van der Waals surface area contributed by atoms with Crippen LogP contribution in [0.5, 0.6) is 0 Å². The highest BCUT2D eigenvalue weighted by Gasteiger charge is 2.23. The normalized spacial score (nSPS) is 14.8. The number of allylic oxidation sites excluding steroid dienone is 1. The van der Waals surface area contributed by atoms with E-state index in [1.54, 1.807) is 12.4 Å². The van der Waals surface area contributed by atoms with Crippen molar-refractivity contribution in [2.45, 2.75) is 32.3 Å². The largest absolute Gasteiger partial charge is 0.385 e. The highest BCUT2D eigenvalue weighted by atomic mass is 16.3. The van der Waals surface area contributed by atoms with E-state index in [9.17, 15) is 5.11 Å². The molecule has 76 valence electrons. The van der Waals surface area contributed by atoms with E-state index in [0.717, 1.165) is 17.5 Å². The lowest BCUT2D eigenvalue weighted by Gasteiger charge is -2.24. The van der Waals surface area contributed by atoms with Gasteiger partial charge in [0.25, 0.3) is 0 Å². The minimum Gasteiger partial charge on any atom is -0.385 e. The molecular weight excluding hydrogens is 174 g/mol. The molecule has 0 aliphatic carbocycles. The summed E-state index contributed by atoms with van der Waals surface area (Å²) in [6.07, 6.45) is 6.78. The van der Waals surface area contributed by atoms with Crippen molar-refractivity contribution in [3.63, 3.8) is 0 Å². The number of nitrogens with zero attached hydrogens (tertiary/aromatic N) is 1. The minimum absolute atomic E-state index is 0.684. The molecule has 1 aromatic rings. The first-order valence-electron chi connectivity index (χ1n) is 4.82. The molecule has 1 rings (SSSR count). The highest BCUT2D eigenvalue weighted by Crippen LogP contribution is 2.27. The number of rotatable bonds is 4. The fourth-order valence-corrected chi connectivity index (χ4v) is 1.55. The van der Waals surface area contributed by atoms with Gasteiger partial charge in [-0.1, -0.05) is 6.08 Å². The van der Waals surface area contributed by atoms with Gasteiger partial charge < -0.3 is 5.11 Å². The molecular formula is C12H17NO. The Morgan fingerprint density at radius 1 is 1.64 bits per heavy atom. The van der Waals surface area contributed by atoms with Crippen LogP contribution in [-0.4, -0.2) is 10.1 Å². The second-order valence-corrected chi connectivity index (χ2v) is 3.79. The van der Waals surface area contributed by atoms with E-state index in [2.05, 4.69) is 11.6 Å².